The molecule has 0 saturated carbocycles. The monoisotopic (exact) mass is 106 g/mol. The van der Waals surface area contributed by atoms with Gasteiger partial charge in [-0.3, -0.25) is 11.3 Å². The van der Waals surface area contributed by atoms with Crippen LogP contribution in [-0.4, -0.2) is 12.7 Å². The fourth-order valence-corrected chi connectivity index (χ4v) is 0.272. The quantitative estimate of drug-likeness (QED) is 0.398. The van der Waals surface area contributed by atoms with Crippen LogP contribution in [0.1, 0.15) is 13.3 Å². The normalized spacial score (nSPS) is 14.1. The van der Waals surface area contributed by atoms with Crippen molar-refractivity contribution in [1.29, 1.82) is 0 Å². The molecule has 44 valence electrons. The lowest BCUT2D eigenvalue weighted by molar-refractivity contribution is 0.371. The van der Waals surface area contributed by atoms with Crippen LogP contribution < -0.4 is 11.3 Å². The molecule has 0 spiro atoms. The largest absolute Gasteiger partial charge is 0.271 e. The number of hydrazine groups is 1. The molecule has 0 amide bonds. The van der Waals surface area contributed by atoms with Gasteiger partial charge in [0.25, 0.3) is 0 Å². The van der Waals surface area contributed by atoms with Gasteiger partial charge < -0.3 is 0 Å². The van der Waals surface area contributed by atoms with E-state index in [0.717, 1.165) is 6.42 Å². The van der Waals surface area contributed by atoms with Crippen molar-refractivity contribution in [2.75, 3.05) is 6.67 Å². The van der Waals surface area contributed by atoms with Gasteiger partial charge in [-0.15, -0.1) is 0 Å². The molecule has 0 aromatic heterocycles. The van der Waals surface area contributed by atoms with Gasteiger partial charge in [-0.2, -0.15) is 0 Å². The van der Waals surface area contributed by atoms with Crippen molar-refractivity contribution in [3.05, 3.63) is 0 Å². The van der Waals surface area contributed by atoms with Crippen LogP contribution >= 0.6 is 0 Å². The van der Waals surface area contributed by atoms with Gasteiger partial charge in [0.15, 0.2) is 0 Å². The summed E-state index contributed by atoms with van der Waals surface area (Å²) in [4.78, 5) is 0. The maximum atomic E-state index is 11.5. The Labute approximate surface area is 42.9 Å². The molecule has 0 aliphatic carbocycles. The average Bonchev–Trinajstić information content (AvgIpc) is 1.72. The third-order valence-corrected chi connectivity index (χ3v) is 0.915. The number of halogens is 1. The lowest BCUT2D eigenvalue weighted by Gasteiger charge is -2.05. The van der Waals surface area contributed by atoms with Crippen molar-refractivity contribution in [3.8, 4) is 0 Å². The Morgan fingerprint density at radius 3 is 2.43 bits per heavy atom. The number of hydrogen-bond donors (Lipinski definition) is 2. The number of nitrogens with one attached hydrogen (secondary N) is 1. The molecular formula is C4H11FN2. The second kappa shape index (κ2) is 4.02. The Balaban J connectivity index is 2.99. The van der Waals surface area contributed by atoms with Crippen LogP contribution in [0.4, 0.5) is 4.39 Å². The highest BCUT2D eigenvalue weighted by Gasteiger charge is 1.98. The van der Waals surface area contributed by atoms with E-state index >= 15 is 0 Å². The molecule has 0 saturated heterocycles. The number of alkyl halides is 1. The molecule has 0 aliphatic heterocycles. The summed E-state index contributed by atoms with van der Waals surface area (Å²) in [5, 5.41) is 0. The first-order valence-electron chi connectivity index (χ1n) is 2.37. The predicted molar refractivity (Wildman–Crippen MR) is 27.4 cm³/mol. The van der Waals surface area contributed by atoms with Gasteiger partial charge in [0, 0.05) is 6.04 Å². The summed E-state index contributed by atoms with van der Waals surface area (Å²) in [5.41, 5.74) is 2.33. The van der Waals surface area contributed by atoms with Gasteiger partial charge in [0.2, 0.25) is 0 Å². The summed E-state index contributed by atoms with van der Waals surface area (Å²) in [6.07, 6.45) is 0.743. The third-order valence-electron chi connectivity index (χ3n) is 0.915. The first-order chi connectivity index (χ1) is 3.35. The Morgan fingerprint density at radius 2 is 2.43 bits per heavy atom. The molecule has 0 radical (unpaired) electrons. The van der Waals surface area contributed by atoms with E-state index in [1.54, 1.807) is 0 Å². The fraction of sp³-hybridized carbons (Fsp3) is 1.00. The average molecular weight is 106 g/mol. The predicted octanol–water partition coefficient (Wildman–Crippen LogP) is 0.198. The summed E-state index contributed by atoms with van der Waals surface area (Å²) in [6.45, 7) is 1.50. The van der Waals surface area contributed by atoms with Crippen LogP contribution in [0.2, 0.25) is 0 Å². The van der Waals surface area contributed by atoms with Crippen molar-refractivity contribution in [2.45, 2.75) is 19.4 Å². The van der Waals surface area contributed by atoms with E-state index in [4.69, 9.17) is 5.84 Å². The third kappa shape index (κ3) is 2.53. The number of nitrogens with two attached hydrogens (primary N) is 1. The summed E-state index contributed by atoms with van der Waals surface area (Å²) in [6, 6.07) is -0.153. The summed E-state index contributed by atoms with van der Waals surface area (Å²) >= 11 is 0. The lowest BCUT2D eigenvalue weighted by atomic mass is 10.3. The highest BCUT2D eigenvalue weighted by molar-refractivity contribution is 4.55. The Morgan fingerprint density at radius 1 is 1.86 bits per heavy atom. The molecule has 0 fully saturated rings. The molecular weight excluding hydrogens is 95.1 g/mol. The Hall–Kier alpha value is -0.150. The van der Waals surface area contributed by atoms with Crippen LogP contribution in [0.25, 0.3) is 0 Å². The molecule has 0 rings (SSSR count). The minimum absolute atomic E-state index is 0.153. The SMILES string of the molecule is CCC(CF)NN. The van der Waals surface area contributed by atoms with Gasteiger partial charge in [-0.05, 0) is 6.42 Å². The summed E-state index contributed by atoms with van der Waals surface area (Å²) in [5.74, 6) is 4.90. The molecule has 0 aromatic rings. The maximum Gasteiger partial charge on any atom is 0.106 e. The maximum absolute atomic E-state index is 11.5. The Bertz CT molecular complexity index is 31.2. The topological polar surface area (TPSA) is 38.0 Å². The van der Waals surface area contributed by atoms with Gasteiger partial charge in [0.1, 0.15) is 6.67 Å². The zero-order valence-electron chi connectivity index (χ0n) is 4.45. The van der Waals surface area contributed by atoms with Crippen LogP contribution in [0.5, 0.6) is 0 Å². The van der Waals surface area contributed by atoms with Crippen molar-refractivity contribution >= 4 is 0 Å². The van der Waals surface area contributed by atoms with Gasteiger partial charge in [0.05, 0.1) is 0 Å². The van der Waals surface area contributed by atoms with Crippen molar-refractivity contribution in [1.82, 2.24) is 5.43 Å². The standard InChI is InChI=1S/C4H11FN2/c1-2-4(3-5)7-6/h4,7H,2-3,6H2,1H3. The van der Waals surface area contributed by atoms with E-state index < -0.39 is 0 Å². The highest BCUT2D eigenvalue weighted by atomic mass is 19.1. The molecule has 0 bridgehead atoms. The summed E-state index contributed by atoms with van der Waals surface area (Å²) < 4.78 is 11.5. The van der Waals surface area contributed by atoms with Crippen LogP contribution in [0.3, 0.4) is 0 Å². The lowest BCUT2D eigenvalue weighted by Crippen LogP contribution is -2.35. The molecule has 3 heteroatoms. The smallest absolute Gasteiger partial charge is 0.106 e. The summed E-state index contributed by atoms with van der Waals surface area (Å²) in [7, 11) is 0. The molecule has 7 heavy (non-hydrogen) atoms. The van der Waals surface area contributed by atoms with Crippen molar-refractivity contribution in [2.24, 2.45) is 5.84 Å². The van der Waals surface area contributed by atoms with E-state index in [2.05, 4.69) is 5.43 Å². The van der Waals surface area contributed by atoms with E-state index in [-0.39, 0.29) is 12.7 Å². The van der Waals surface area contributed by atoms with Crippen molar-refractivity contribution < 1.29 is 4.39 Å². The molecule has 1 atom stereocenters. The molecule has 0 heterocycles. The molecule has 0 aromatic carbocycles. The van der Waals surface area contributed by atoms with Gasteiger partial charge in [-0.1, -0.05) is 6.92 Å². The van der Waals surface area contributed by atoms with Gasteiger partial charge >= 0.3 is 0 Å². The second-order valence-corrected chi connectivity index (χ2v) is 1.43. The Kier molecular flexibility index (Phi) is 3.93. The fourth-order valence-electron chi connectivity index (χ4n) is 0.272. The number of rotatable bonds is 3. The second-order valence-electron chi connectivity index (χ2n) is 1.43. The van der Waals surface area contributed by atoms with Gasteiger partial charge in [-0.25, -0.2) is 4.39 Å². The zero-order valence-corrected chi connectivity index (χ0v) is 4.45. The molecule has 0 aliphatic rings. The first-order valence-corrected chi connectivity index (χ1v) is 2.37. The van der Waals surface area contributed by atoms with Crippen molar-refractivity contribution in [3.63, 3.8) is 0 Å². The minimum atomic E-state index is -0.382. The highest BCUT2D eigenvalue weighted by Crippen LogP contribution is 1.86. The van der Waals surface area contributed by atoms with E-state index in [0.29, 0.717) is 0 Å². The van der Waals surface area contributed by atoms with E-state index in [1.807, 2.05) is 6.92 Å². The van der Waals surface area contributed by atoms with E-state index in [9.17, 15) is 4.39 Å². The minimum Gasteiger partial charge on any atom is -0.271 e. The molecule has 2 nitrogen and oxygen atoms in total. The molecule has 3 N–H and O–H groups in total. The first kappa shape index (κ1) is 6.85. The zero-order chi connectivity index (χ0) is 5.70. The van der Waals surface area contributed by atoms with Crippen LogP contribution in [0.15, 0.2) is 0 Å². The molecule has 1 unspecified atom stereocenters. The van der Waals surface area contributed by atoms with Crippen LogP contribution in [-0.2, 0) is 0 Å². The number of hydrogen-bond acceptors (Lipinski definition) is 2. The van der Waals surface area contributed by atoms with E-state index in [1.165, 1.54) is 0 Å². The van der Waals surface area contributed by atoms with Crippen LogP contribution in [0, 0.1) is 0 Å².